The topological polar surface area (TPSA) is 55.4 Å². The fraction of sp³-hybridized carbons (Fsp3) is 0.176. The van der Waals surface area contributed by atoms with Gasteiger partial charge in [0.15, 0.2) is 6.61 Å². The van der Waals surface area contributed by atoms with Gasteiger partial charge in [-0.15, -0.1) is 0 Å². The fourth-order valence-corrected chi connectivity index (χ4v) is 2.07. The number of hydrogen-bond acceptors (Lipinski definition) is 3. The van der Waals surface area contributed by atoms with E-state index in [1.807, 2.05) is 0 Å². The Morgan fingerprint density at radius 3 is 2.57 bits per heavy atom. The van der Waals surface area contributed by atoms with Crippen LogP contribution in [-0.2, 0) is 20.7 Å². The van der Waals surface area contributed by atoms with Crippen molar-refractivity contribution >= 4 is 29.2 Å². The van der Waals surface area contributed by atoms with Crippen LogP contribution in [0.15, 0.2) is 42.5 Å². The molecule has 2 aromatic rings. The third-order valence-electron chi connectivity index (χ3n) is 3.17. The molecule has 0 bridgehead atoms. The van der Waals surface area contributed by atoms with Crippen LogP contribution in [0.3, 0.4) is 0 Å². The number of anilines is 1. The van der Waals surface area contributed by atoms with Crippen LogP contribution in [0.5, 0.6) is 0 Å². The molecular weight excluding hydrogens is 321 g/mol. The predicted octanol–water partition coefficient (Wildman–Crippen LogP) is 3.51. The Kier molecular flexibility index (Phi) is 5.71. The van der Waals surface area contributed by atoms with E-state index in [-0.39, 0.29) is 12.2 Å². The standard InChI is InChI=1S/C17H15ClFNO3/c1-11-14(18)3-2-4-15(11)20-16(21)10-23-17(22)9-12-5-7-13(19)8-6-12/h2-8H,9-10H2,1H3,(H,20,21). The van der Waals surface area contributed by atoms with E-state index >= 15 is 0 Å². The average molecular weight is 336 g/mol. The maximum atomic E-state index is 12.8. The highest BCUT2D eigenvalue weighted by Gasteiger charge is 2.10. The van der Waals surface area contributed by atoms with Gasteiger partial charge in [0.05, 0.1) is 6.42 Å². The van der Waals surface area contributed by atoms with Gasteiger partial charge in [-0.3, -0.25) is 9.59 Å². The smallest absolute Gasteiger partial charge is 0.310 e. The minimum Gasteiger partial charge on any atom is -0.455 e. The molecule has 0 saturated carbocycles. The molecule has 2 aromatic carbocycles. The second-order valence-corrected chi connectivity index (χ2v) is 5.33. The largest absolute Gasteiger partial charge is 0.455 e. The summed E-state index contributed by atoms with van der Waals surface area (Å²) in [5.74, 6) is -1.39. The molecule has 4 nitrogen and oxygen atoms in total. The summed E-state index contributed by atoms with van der Waals surface area (Å²) in [4.78, 5) is 23.5. The number of carbonyl (C=O) groups is 2. The lowest BCUT2D eigenvalue weighted by Crippen LogP contribution is -2.22. The molecule has 1 N–H and O–H groups in total. The van der Waals surface area contributed by atoms with E-state index < -0.39 is 18.5 Å². The number of esters is 1. The van der Waals surface area contributed by atoms with Gasteiger partial charge >= 0.3 is 5.97 Å². The number of hydrogen-bond donors (Lipinski definition) is 1. The van der Waals surface area contributed by atoms with Gasteiger partial charge in [0.25, 0.3) is 5.91 Å². The van der Waals surface area contributed by atoms with E-state index in [0.717, 1.165) is 5.56 Å². The minimum atomic E-state index is -0.561. The van der Waals surface area contributed by atoms with Crippen LogP contribution in [0.25, 0.3) is 0 Å². The molecule has 120 valence electrons. The molecule has 6 heteroatoms. The Balaban J connectivity index is 1.83. The molecule has 0 aromatic heterocycles. The maximum absolute atomic E-state index is 12.8. The first-order valence-corrected chi connectivity index (χ1v) is 7.28. The first-order valence-electron chi connectivity index (χ1n) is 6.91. The molecule has 0 atom stereocenters. The second-order valence-electron chi connectivity index (χ2n) is 4.92. The van der Waals surface area contributed by atoms with Crippen LogP contribution < -0.4 is 5.32 Å². The number of rotatable bonds is 5. The zero-order valence-corrected chi connectivity index (χ0v) is 13.2. The summed E-state index contributed by atoms with van der Waals surface area (Å²) in [6, 6.07) is 10.6. The van der Waals surface area contributed by atoms with E-state index in [1.165, 1.54) is 24.3 Å². The van der Waals surface area contributed by atoms with Crippen molar-refractivity contribution in [3.8, 4) is 0 Å². The third kappa shape index (κ3) is 5.07. The van der Waals surface area contributed by atoms with Crippen molar-refractivity contribution in [3.05, 3.63) is 64.4 Å². The predicted molar refractivity (Wildman–Crippen MR) is 85.9 cm³/mol. The van der Waals surface area contributed by atoms with E-state index in [0.29, 0.717) is 16.3 Å². The van der Waals surface area contributed by atoms with Crippen LogP contribution in [0.4, 0.5) is 10.1 Å². The van der Waals surface area contributed by atoms with Gasteiger partial charge in [0, 0.05) is 10.7 Å². The highest BCUT2D eigenvalue weighted by Crippen LogP contribution is 2.22. The second kappa shape index (κ2) is 7.74. The molecule has 23 heavy (non-hydrogen) atoms. The molecule has 1 amide bonds. The normalized spacial score (nSPS) is 10.2. The van der Waals surface area contributed by atoms with Crippen LogP contribution in [0.1, 0.15) is 11.1 Å². The number of halogens is 2. The first-order chi connectivity index (χ1) is 11.0. The molecule has 0 spiro atoms. The Morgan fingerprint density at radius 2 is 1.87 bits per heavy atom. The van der Waals surface area contributed by atoms with E-state index in [2.05, 4.69) is 5.32 Å². The molecule has 0 aliphatic carbocycles. The Hall–Kier alpha value is -2.40. The number of ether oxygens (including phenoxy) is 1. The summed E-state index contributed by atoms with van der Waals surface area (Å²) in [6.07, 6.45) is -0.0241. The van der Waals surface area contributed by atoms with Crippen LogP contribution in [-0.4, -0.2) is 18.5 Å². The summed E-state index contributed by atoms with van der Waals surface area (Å²) in [5, 5.41) is 3.17. The summed E-state index contributed by atoms with van der Waals surface area (Å²) in [6.45, 7) is 1.38. The van der Waals surface area contributed by atoms with Crippen LogP contribution >= 0.6 is 11.6 Å². The van der Waals surface area contributed by atoms with E-state index in [1.54, 1.807) is 25.1 Å². The van der Waals surface area contributed by atoms with Crippen LogP contribution in [0, 0.1) is 12.7 Å². The van der Waals surface area contributed by atoms with Gasteiger partial charge in [-0.25, -0.2) is 4.39 Å². The maximum Gasteiger partial charge on any atom is 0.310 e. The quantitative estimate of drug-likeness (QED) is 0.851. The number of carbonyl (C=O) groups excluding carboxylic acids is 2. The van der Waals surface area contributed by atoms with Gasteiger partial charge in [0.2, 0.25) is 0 Å². The van der Waals surface area contributed by atoms with Crippen molar-refractivity contribution in [1.29, 1.82) is 0 Å². The van der Waals surface area contributed by atoms with Gasteiger partial charge in [-0.05, 0) is 42.3 Å². The van der Waals surface area contributed by atoms with Gasteiger partial charge in [-0.1, -0.05) is 29.8 Å². The number of benzene rings is 2. The summed E-state index contributed by atoms with van der Waals surface area (Å²) in [5.41, 5.74) is 1.92. The number of amides is 1. The van der Waals surface area contributed by atoms with E-state index in [9.17, 15) is 14.0 Å². The summed E-state index contributed by atoms with van der Waals surface area (Å²) >= 11 is 5.96. The molecule has 0 aliphatic rings. The Morgan fingerprint density at radius 1 is 1.17 bits per heavy atom. The highest BCUT2D eigenvalue weighted by molar-refractivity contribution is 6.31. The highest BCUT2D eigenvalue weighted by atomic mass is 35.5. The van der Waals surface area contributed by atoms with Crippen molar-refractivity contribution in [2.45, 2.75) is 13.3 Å². The van der Waals surface area contributed by atoms with Crippen LogP contribution in [0.2, 0.25) is 5.02 Å². The monoisotopic (exact) mass is 335 g/mol. The van der Waals surface area contributed by atoms with E-state index in [4.69, 9.17) is 16.3 Å². The van der Waals surface area contributed by atoms with Gasteiger partial charge < -0.3 is 10.1 Å². The molecule has 0 heterocycles. The lowest BCUT2D eigenvalue weighted by molar-refractivity contribution is -0.146. The van der Waals surface area contributed by atoms with Crippen molar-refractivity contribution in [3.63, 3.8) is 0 Å². The SMILES string of the molecule is Cc1c(Cl)cccc1NC(=O)COC(=O)Cc1ccc(F)cc1. The molecule has 0 unspecified atom stereocenters. The molecule has 0 aliphatic heterocycles. The Labute approximate surface area is 138 Å². The zero-order valence-electron chi connectivity index (χ0n) is 12.4. The van der Waals surface area contributed by atoms with Gasteiger partial charge in [0.1, 0.15) is 5.82 Å². The molecule has 0 fully saturated rings. The molecule has 0 saturated heterocycles. The number of nitrogens with one attached hydrogen (secondary N) is 1. The molecule has 2 rings (SSSR count). The Bertz CT molecular complexity index is 716. The first kappa shape index (κ1) is 17.0. The van der Waals surface area contributed by atoms with Crippen molar-refractivity contribution in [2.24, 2.45) is 0 Å². The third-order valence-corrected chi connectivity index (χ3v) is 3.58. The zero-order chi connectivity index (χ0) is 16.8. The van der Waals surface area contributed by atoms with Gasteiger partial charge in [-0.2, -0.15) is 0 Å². The summed E-state index contributed by atoms with van der Waals surface area (Å²) in [7, 11) is 0. The average Bonchev–Trinajstić information content (AvgIpc) is 2.52. The lowest BCUT2D eigenvalue weighted by atomic mass is 10.1. The molecule has 0 radical (unpaired) electrons. The minimum absolute atomic E-state index is 0.0241. The lowest BCUT2D eigenvalue weighted by Gasteiger charge is -2.10. The van der Waals surface area contributed by atoms with Crippen molar-refractivity contribution < 1.29 is 18.7 Å². The summed E-state index contributed by atoms with van der Waals surface area (Å²) < 4.78 is 17.7. The molecular formula is C17H15ClFNO3. The van der Waals surface area contributed by atoms with Crippen molar-refractivity contribution in [1.82, 2.24) is 0 Å². The fourth-order valence-electron chi connectivity index (χ4n) is 1.90. The van der Waals surface area contributed by atoms with Crippen molar-refractivity contribution in [2.75, 3.05) is 11.9 Å².